The molecule has 10 heteroatoms. The molecule has 0 fully saturated rings. The van der Waals surface area contributed by atoms with E-state index in [4.69, 9.17) is 9.78 Å². The molecule has 3 rings (SSSR count). The van der Waals surface area contributed by atoms with Crippen molar-refractivity contribution >= 4 is 11.7 Å². The molecule has 7 nitrogen and oxygen atoms in total. The molecule has 0 saturated heterocycles. The molecular formula is C14H7F3N6O. The number of nitrogens with one attached hydrogen (secondary N) is 1. The van der Waals surface area contributed by atoms with E-state index < -0.39 is 11.7 Å². The summed E-state index contributed by atoms with van der Waals surface area (Å²) in [4.78, 5) is 11.5. The highest BCUT2D eigenvalue weighted by atomic mass is 19.4. The third-order valence-corrected chi connectivity index (χ3v) is 2.88. The monoisotopic (exact) mass is 332 g/mol. The van der Waals surface area contributed by atoms with Crippen LogP contribution in [-0.4, -0.2) is 20.1 Å². The molecule has 0 saturated carbocycles. The number of nitriles is 1. The summed E-state index contributed by atoms with van der Waals surface area (Å²) >= 11 is 0. The van der Waals surface area contributed by atoms with Gasteiger partial charge in [-0.2, -0.15) is 23.4 Å². The summed E-state index contributed by atoms with van der Waals surface area (Å²) in [6, 6.07) is 7.02. The Labute approximate surface area is 132 Å². The van der Waals surface area contributed by atoms with Crippen molar-refractivity contribution in [3.63, 3.8) is 0 Å². The maximum absolute atomic E-state index is 12.5. The van der Waals surface area contributed by atoms with Crippen molar-refractivity contribution in [2.24, 2.45) is 0 Å². The number of hydrogen-bond donors (Lipinski definition) is 1. The number of hydrogen-bond acceptors (Lipinski definition) is 7. The Morgan fingerprint density at radius 3 is 2.50 bits per heavy atom. The Morgan fingerprint density at radius 1 is 1.08 bits per heavy atom. The molecule has 3 aromatic rings. The van der Waals surface area contributed by atoms with E-state index in [1.807, 2.05) is 6.07 Å². The predicted molar refractivity (Wildman–Crippen MR) is 74.8 cm³/mol. The smallest absolute Gasteiger partial charge is 0.315 e. The maximum Gasteiger partial charge on any atom is 0.417 e. The summed E-state index contributed by atoms with van der Waals surface area (Å²) in [5.74, 6) is 0.0350. The second kappa shape index (κ2) is 5.96. The second-order valence-corrected chi connectivity index (χ2v) is 4.52. The minimum Gasteiger partial charge on any atom is -0.315 e. The first kappa shape index (κ1) is 15.4. The molecule has 0 amide bonds. The van der Waals surface area contributed by atoms with E-state index in [9.17, 15) is 13.2 Å². The van der Waals surface area contributed by atoms with Gasteiger partial charge in [0.1, 0.15) is 17.5 Å². The summed E-state index contributed by atoms with van der Waals surface area (Å²) in [7, 11) is 0. The molecule has 0 unspecified atom stereocenters. The average molecular weight is 332 g/mol. The molecule has 3 aromatic heterocycles. The van der Waals surface area contributed by atoms with Crippen LogP contribution in [0.1, 0.15) is 11.3 Å². The number of anilines is 2. The van der Waals surface area contributed by atoms with Crippen LogP contribution in [0.2, 0.25) is 0 Å². The molecule has 3 heterocycles. The summed E-state index contributed by atoms with van der Waals surface area (Å²) in [5, 5.41) is 15.1. The van der Waals surface area contributed by atoms with Crippen molar-refractivity contribution in [3.05, 3.63) is 47.9 Å². The molecule has 1 N–H and O–H groups in total. The van der Waals surface area contributed by atoms with E-state index >= 15 is 0 Å². The van der Waals surface area contributed by atoms with Crippen LogP contribution in [0, 0.1) is 11.3 Å². The molecule has 0 aromatic carbocycles. The first-order valence-electron chi connectivity index (χ1n) is 6.46. The van der Waals surface area contributed by atoms with Gasteiger partial charge in [0.05, 0.1) is 17.4 Å². The van der Waals surface area contributed by atoms with E-state index in [1.165, 1.54) is 12.3 Å². The van der Waals surface area contributed by atoms with Crippen molar-refractivity contribution in [1.82, 2.24) is 20.1 Å². The SMILES string of the molecule is N#Cc1ccc(Nc2nc(-c3ccc(C(F)(F)F)cn3)no2)cn1. The number of aromatic nitrogens is 4. The number of halogens is 3. The minimum absolute atomic E-state index is 0.0122. The average Bonchev–Trinajstić information content (AvgIpc) is 3.03. The van der Waals surface area contributed by atoms with Gasteiger partial charge in [0.15, 0.2) is 0 Å². The van der Waals surface area contributed by atoms with Gasteiger partial charge in [0.2, 0.25) is 5.82 Å². The first-order valence-corrected chi connectivity index (χ1v) is 6.46. The van der Waals surface area contributed by atoms with Crippen LogP contribution in [-0.2, 0) is 6.18 Å². The lowest BCUT2D eigenvalue weighted by atomic mass is 10.2. The van der Waals surface area contributed by atoms with Crippen molar-refractivity contribution in [2.75, 3.05) is 5.32 Å². The van der Waals surface area contributed by atoms with E-state index in [1.54, 1.807) is 6.07 Å². The van der Waals surface area contributed by atoms with Gasteiger partial charge >= 0.3 is 12.2 Å². The van der Waals surface area contributed by atoms with Gasteiger partial charge in [-0.25, -0.2) is 4.98 Å². The van der Waals surface area contributed by atoms with E-state index in [0.717, 1.165) is 12.1 Å². The highest BCUT2D eigenvalue weighted by Crippen LogP contribution is 2.29. The normalized spacial score (nSPS) is 11.1. The van der Waals surface area contributed by atoms with Crippen LogP contribution in [0.4, 0.5) is 24.9 Å². The number of pyridine rings is 2. The molecule has 0 aliphatic rings. The van der Waals surface area contributed by atoms with E-state index in [-0.39, 0.29) is 23.2 Å². The van der Waals surface area contributed by atoms with Crippen LogP contribution in [0.3, 0.4) is 0 Å². The van der Waals surface area contributed by atoms with Crippen LogP contribution >= 0.6 is 0 Å². The second-order valence-electron chi connectivity index (χ2n) is 4.52. The van der Waals surface area contributed by atoms with Gasteiger partial charge in [-0.1, -0.05) is 5.16 Å². The maximum atomic E-state index is 12.5. The molecule has 24 heavy (non-hydrogen) atoms. The Balaban J connectivity index is 1.76. The Bertz CT molecular complexity index is 881. The zero-order valence-electron chi connectivity index (χ0n) is 11.7. The van der Waals surface area contributed by atoms with Gasteiger partial charge in [-0.15, -0.1) is 0 Å². The number of nitrogens with zero attached hydrogens (tertiary/aromatic N) is 5. The summed E-state index contributed by atoms with van der Waals surface area (Å²) in [6.07, 6.45) is -2.36. The van der Waals surface area contributed by atoms with Crippen LogP contribution in [0.15, 0.2) is 41.2 Å². The van der Waals surface area contributed by atoms with Crippen molar-refractivity contribution in [2.45, 2.75) is 6.18 Å². The number of rotatable bonds is 3. The lowest BCUT2D eigenvalue weighted by Crippen LogP contribution is -2.05. The minimum atomic E-state index is -4.46. The fourth-order valence-electron chi connectivity index (χ4n) is 1.73. The summed E-state index contributed by atoms with van der Waals surface area (Å²) in [6.45, 7) is 0. The Kier molecular flexibility index (Phi) is 3.83. The van der Waals surface area contributed by atoms with Crippen molar-refractivity contribution in [3.8, 4) is 17.6 Å². The fraction of sp³-hybridized carbons (Fsp3) is 0.0714. The molecule has 120 valence electrons. The van der Waals surface area contributed by atoms with E-state index in [0.29, 0.717) is 11.9 Å². The van der Waals surface area contributed by atoms with Gasteiger partial charge in [0.25, 0.3) is 0 Å². The summed E-state index contributed by atoms with van der Waals surface area (Å²) in [5.41, 5.74) is 0.0276. The molecule has 0 radical (unpaired) electrons. The highest BCUT2D eigenvalue weighted by Gasteiger charge is 2.30. The van der Waals surface area contributed by atoms with Gasteiger partial charge in [0, 0.05) is 6.20 Å². The van der Waals surface area contributed by atoms with Gasteiger partial charge in [-0.05, 0) is 24.3 Å². The fourth-order valence-corrected chi connectivity index (χ4v) is 1.73. The molecule has 0 spiro atoms. The highest BCUT2D eigenvalue weighted by molar-refractivity contribution is 5.55. The largest absolute Gasteiger partial charge is 0.417 e. The zero-order valence-corrected chi connectivity index (χ0v) is 11.7. The summed E-state index contributed by atoms with van der Waals surface area (Å²) < 4.78 is 42.4. The standard InChI is InChI=1S/C14H7F3N6O/c15-14(16,17)8-1-4-11(20-6-8)12-22-13(24-23-12)21-10-3-2-9(5-18)19-7-10/h1-4,6-7H,(H,21,22,23). The van der Waals surface area contributed by atoms with Gasteiger partial charge in [-0.3, -0.25) is 4.98 Å². The van der Waals surface area contributed by atoms with Crippen LogP contribution in [0.25, 0.3) is 11.5 Å². The van der Waals surface area contributed by atoms with Crippen molar-refractivity contribution in [1.29, 1.82) is 5.26 Å². The predicted octanol–water partition coefficient (Wildman–Crippen LogP) is 3.16. The molecule has 0 bridgehead atoms. The van der Waals surface area contributed by atoms with Gasteiger partial charge < -0.3 is 9.84 Å². The molecule has 0 atom stereocenters. The number of alkyl halides is 3. The Morgan fingerprint density at radius 2 is 1.92 bits per heavy atom. The van der Waals surface area contributed by atoms with Crippen molar-refractivity contribution < 1.29 is 17.7 Å². The lowest BCUT2D eigenvalue weighted by molar-refractivity contribution is -0.137. The molecule has 0 aliphatic heterocycles. The van der Waals surface area contributed by atoms with Crippen LogP contribution in [0.5, 0.6) is 0 Å². The van der Waals surface area contributed by atoms with Crippen LogP contribution < -0.4 is 5.32 Å². The Hall–Kier alpha value is -3.48. The van der Waals surface area contributed by atoms with E-state index in [2.05, 4.69) is 25.4 Å². The third kappa shape index (κ3) is 3.30. The molecule has 0 aliphatic carbocycles. The third-order valence-electron chi connectivity index (χ3n) is 2.88. The molecular weight excluding hydrogens is 325 g/mol. The topological polar surface area (TPSA) is 101 Å². The first-order chi connectivity index (χ1) is 11.5. The zero-order chi connectivity index (χ0) is 17.2. The quantitative estimate of drug-likeness (QED) is 0.786. The lowest BCUT2D eigenvalue weighted by Gasteiger charge is -2.05.